The molecule has 1 aliphatic carbocycles. The quantitative estimate of drug-likeness (QED) is 0.629. The van der Waals surface area contributed by atoms with E-state index in [1.807, 2.05) is 4.90 Å². The summed E-state index contributed by atoms with van der Waals surface area (Å²) in [5.74, 6) is 0.118. The minimum Gasteiger partial charge on any atom is -0.385 e. The van der Waals surface area contributed by atoms with Gasteiger partial charge in [0.05, 0.1) is 6.61 Å². The highest BCUT2D eigenvalue weighted by molar-refractivity contribution is 9.10. The monoisotopic (exact) mass is 449 g/mol. The second kappa shape index (κ2) is 8.95. The van der Waals surface area contributed by atoms with Crippen molar-refractivity contribution in [3.63, 3.8) is 0 Å². The lowest BCUT2D eigenvalue weighted by molar-refractivity contribution is -0.146. The molecule has 0 radical (unpaired) electrons. The number of hydrogen-bond acceptors (Lipinski definition) is 4. The number of morpholine rings is 1. The molecular weight excluding hydrogens is 422 g/mol. The van der Waals surface area contributed by atoms with Crippen molar-refractivity contribution in [1.29, 1.82) is 0 Å². The van der Waals surface area contributed by atoms with E-state index < -0.39 is 0 Å². The highest BCUT2D eigenvalue weighted by Gasteiger charge is 2.37. The molecule has 6 nitrogen and oxygen atoms in total. The number of amides is 1. The third-order valence-corrected chi connectivity index (χ3v) is 5.98. The molecule has 28 heavy (non-hydrogen) atoms. The molecular formula is C21H28BrN3O3. The van der Waals surface area contributed by atoms with Crippen LogP contribution in [0.25, 0.3) is 10.9 Å². The van der Waals surface area contributed by atoms with Crippen molar-refractivity contribution in [2.24, 2.45) is 0 Å². The lowest BCUT2D eigenvalue weighted by Crippen LogP contribution is -2.49. The number of nitrogens with zero attached hydrogens (tertiary/aromatic N) is 2. The first-order valence-electron chi connectivity index (χ1n) is 10.1. The summed E-state index contributed by atoms with van der Waals surface area (Å²) in [5.41, 5.74) is 2.39. The minimum atomic E-state index is -0.362. The van der Waals surface area contributed by atoms with Crippen molar-refractivity contribution >= 4 is 32.7 Å². The maximum absolute atomic E-state index is 13.1. The second-order valence-electron chi connectivity index (χ2n) is 7.62. The van der Waals surface area contributed by atoms with Crippen molar-refractivity contribution in [2.45, 2.75) is 44.5 Å². The number of aromatic nitrogens is 1. The molecule has 1 aromatic heterocycles. The van der Waals surface area contributed by atoms with Crippen LogP contribution in [0.4, 0.5) is 0 Å². The summed E-state index contributed by atoms with van der Waals surface area (Å²) < 4.78 is 14.3. The fourth-order valence-electron chi connectivity index (χ4n) is 3.90. The van der Waals surface area contributed by atoms with Crippen LogP contribution in [-0.4, -0.2) is 60.9 Å². The van der Waals surface area contributed by atoms with Gasteiger partial charge in [-0.15, -0.1) is 0 Å². The summed E-state index contributed by atoms with van der Waals surface area (Å²) in [6.07, 6.45) is 4.97. The van der Waals surface area contributed by atoms with Crippen LogP contribution in [0.5, 0.6) is 0 Å². The largest absolute Gasteiger partial charge is 0.385 e. The summed E-state index contributed by atoms with van der Waals surface area (Å²) in [5, 5.41) is 4.48. The Hall–Kier alpha value is -1.41. The second-order valence-corrected chi connectivity index (χ2v) is 8.53. The molecule has 0 unspecified atom stereocenters. The molecule has 0 spiro atoms. The van der Waals surface area contributed by atoms with Gasteiger partial charge in [0.2, 0.25) is 0 Å². The molecule has 2 heterocycles. The summed E-state index contributed by atoms with van der Waals surface area (Å²) >= 11 is 3.59. The SMILES string of the molecule is COCCCn1cc(CN(C(=O)[C@H]2CNCCO2)C2CC2)c2ccc(Br)cc21. The molecule has 1 saturated carbocycles. The van der Waals surface area contributed by atoms with Crippen LogP contribution >= 0.6 is 15.9 Å². The normalized spacial score (nSPS) is 19.9. The number of carbonyl (C=O) groups is 1. The van der Waals surface area contributed by atoms with E-state index in [0.717, 1.165) is 43.4 Å². The highest BCUT2D eigenvalue weighted by atomic mass is 79.9. The van der Waals surface area contributed by atoms with Crippen molar-refractivity contribution in [3.8, 4) is 0 Å². The molecule has 1 aromatic carbocycles. The molecule has 1 saturated heterocycles. The number of benzene rings is 1. The van der Waals surface area contributed by atoms with Gasteiger partial charge in [-0.1, -0.05) is 22.0 Å². The Balaban J connectivity index is 1.59. The molecule has 152 valence electrons. The average molecular weight is 450 g/mol. The number of rotatable bonds is 8. The van der Waals surface area contributed by atoms with E-state index in [-0.39, 0.29) is 12.0 Å². The van der Waals surface area contributed by atoms with Crippen LogP contribution in [0.1, 0.15) is 24.8 Å². The first-order valence-corrected chi connectivity index (χ1v) is 10.9. The molecule has 7 heteroatoms. The van der Waals surface area contributed by atoms with E-state index in [4.69, 9.17) is 9.47 Å². The fourth-order valence-corrected chi connectivity index (χ4v) is 4.25. The maximum atomic E-state index is 13.1. The highest BCUT2D eigenvalue weighted by Crippen LogP contribution is 2.32. The zero-order chi connectivity index (χ0) is 19.5. The van der Waals surface area contributed by atoms with Crippen LogP contribution in [0.3, 0.4) is 0 Å². The third kappa shape index (κ3) is 4.43. The first-order chi connectivity index (χ1) is 13.7. The lowest BCUT2D eigenvalue weighted by atomic mass is 10.1. The summed E-state index contributed by atoms with van der Waals surface area (Å²) in [7, 11) is 1.73. The van der Waals surface area contributed by atoms with E-state index in [9.17, 15) is 4.79 Å². The van der Waals surface area contributed by atoms with E-state index in [0.29, 0.717) is 25.7 Å². The lowest BCUT2D eigenvalue weighted by Gasteiger charge is -2.30. The number of aryl methyl sites for hydroxylation is 1. The molecule has 1 aliphatic heterocycles. The number of nitrogens with one attached hydrogen (secondary N) is 1. The number of ether oxygens (including phenoxy) is 2. The summed E-state index contributed by atoms with van der Waals surface area (Å²) in [6.45, 7) is 4.29. The Kier molecular flexibility index (Phi) is 6.35. The van der Waals surface area contributed by atoms with Gasteiger partial charge in [-0.05, 0) is 37.0 Å². The number of fused-ring (bicyclic) bond motifs is 1. The zero-order valence-electron chi connectivity index (χ0n) is 16.3. The standard InChI is InChI=1S/C21H28BrN3O3/c1-27-9-2-8-24-13-15(18-6-3-16(22)11-19(18)24)14-25(17-4-5-17)21(26)20-12-23-7-10-28-20/h3,6,11,13,17,20,23H,2,4-5,7-10,12,14H2,1H3/t20-/m1/s1. The van der Waals surface area contributed by atoms with Gasteiger partial charge < -0.3 is 24.3 Å². The van der Waals surface area contributed by atoms with Gasteiger partial charge in [-0.25, -0.2) is 0 Å². The Bertz CT molecular complexity index is 828. The van der Waals surface area contributed by atoms with Gasteiger partial charge in [0.25, 0.3) is 5.91 Å². The molecule has 4 rings (SSSR count). The van der Waals surface area contributed by atoms with Gasteiger partial charge in [0.15, 0.2) is 0 Å². The van der Waals surface area contributed by atoms with Crippen LogP contribution < -0.4 is 5.32 Å². The van der Waals surface area contributed by atoms with Gasteiger partial charge in [-0.3, -0.25) is 4.79 Å². The minimum absolute atomic E-state index is 0.118. The Morgan fingerprint density at radius 3 is 3.00 bits per heavy atom. The van der Waals surface area contributed by atoms with E-state index in [1.165, 1.54) is 16.5 Å². The number of carbonyl (C=O) groups excluding carboxylic acids is 1. The summed E-state index contributed by atoms with van der Waals surface area (Å²) in [6, 6.07) is 6.72. The Morgan fingerprint density at radius 2 is 2.29 bits per heavy atom. The molecule has 0 bridgehead atoms. The molecule has 1 amide bonds. The van der Waals surface area contributed by atoms with Gasteiger partial charge in [-0.2, -0.15) is 0 Å². The average Bonchev–Trinajstić information content (AvgIpc) is 3.50. The third-order valence-electron chi connectivity index (χ3n) is 5.49. The van der Waals surface area contributed by atoms with Gasteiger partial charge in [0.1, 0.15) is 6.10 Å². The Morgan fingerprint density at radius 1 is 1.43 bits per heavy atom. The molecule has 1 N–H and O–H groups in total. The molecule has 2 fully saturated rings. The van der Waals surface area contributed by atoms with Crippen molar-refractivity contribution in [2.75, 3.05) is 33.4 Å². The smallest absolute Gasteiger partial charge is 0.253 e. The molecule has 2 aliphatic rings. The van der Waals surface area contributed by atoms with Crippen LogP contribution in [0, 0.1) is 0 Å². The van der Waals surface area contributed by atoms with Crippen LogP contribution in [0.15, 0.2) is 28.9 Å². The number of halogens is 1. The van der Waals surface area contributed by atoms with Crippen molar-refractivity contribution in [3.05, 3.63) is 34.4 Å². The van der Waals surface area contributed by atoms with Gasteiger partial charge in [0, 0.05) is 67.5 Å². The number of hydrogen-bond donors (Lipinski definition) is 1. The van der Waals surface area contributed by atoms with E-state index >= 15 is 0 Å². The first kappa shape index (κ1) is 19.9. The molecule has 2 aromatic rings. The summed E-state index contributed by atoms with van der Waals surface area (Å²) in [4.78, 5) is 15.2. The van der Waals surface area contributed by atoms with Gasteiger partial charge >= 0.3 is 0 Å². The van der Waals surface area contributed by atoms with Crippen LogP contribution in [-0.2, 0) is 27.4 Å². The van der Waals surface area contributed by atoms with Crippen molar-refractivity contribution in [1.82, 2.24) is 14.8 Å². The maximum Gasteiger partial charge on any atom is 0.253 e. The van der Waals surface area contributed by atoms with Crippen LogP contribution in [0.2, 0.25) is 0 Å². The zero-order valence-corrected chi connectivity index (χ0v) is 17.9. The van der Waals surface area contributed by atoms with Crippen molar-refractivity contribution < 1.29 is 14.3 Å². The predicted octanol–water partition coefficient (Wildman–Crippen LogP) is 2.92. The number of methoxy groups -OCH3 is 1. The topological polar surface area (TPSA) is 55.7 Å². The Labute approximate surface area is 174 Å². The fraction of sp³-hybridized carbons (Fsp3) is 0.571. The molecule has 1 atom stereocenters. The van der Waals surface area contributed by atoms with E-state index in [1.54, 1.807) is 7.11 Å². The van der Waals surface area contributed by atoms with E-state index in [2.05, 4.69) is 50.2 Å². The predicted molar refractivity (Wildman–Crippen MR) is 112 cm³/mol.